The van der Waals surface area contributed by atoms with Crippen molar-refractivity contribution in [2.24, 2.45) is 5.16 Å². The van der Waals surface area contributed by atoms with Crippen molar-refractivity contribution < 1.29 is 14.0 Å². The number of hydrogen-bond acceptors (Lipinski definition) is 5. The van der Waals surface area contributed by atoms with Crippen molar-refractivity contribution in [3.63, 3.8) is 0 Å². The molecular weight excluding hydrogens is 333 g/mol. The number of halogens is 2. The standard InChI is InChI=1S/C17H15ClFN3O2/c18-11-9-20-16(21-10-11)23-14-5-3-4-12(19)15(14)13-8-17(24-22-13)6-1-2-7-17/h3-5,9-10H,1-2,6-8H2. The third-order valence-electron chi connectivity index (χ3n) is 4.42. The molecule has 124 valence electrons. The topological polar surface area (TPSA) is 56.6 Å². The van der Waals surface area contributed by atoms with Gasteiger partial charge in [-0.1, -0.05) is 22.8 Å². The van der Waals surface area contributed by atoms with Gasteiger partial charge in [0.15, 0.2) is 0 Å². The second kappa shape index (κ2) is 6.02. The van der Waals surface area contributed by atoms with Gasteiger partial charge in [0.05, 0.1) is 28.7 Å². The van der Waals surface area contributed by atoms with E-state index in [0.717, 1.165) is 25.7 Å². The number of nitrogens with zero attached hydrogens (tertiary/aromatic N) is 3. The predicted octanol–water partition coefficient (Wildman–Crippen LogP) is 4.50. The zero-order valence-electron chi connectivity index (χ0n) is 12.8. The second-order valence-corrected chi connectivity index (χ2v) is 6.53. The van der Waals surface area contributed by atoms with E-state index in [1.165, 1.54) is 18.5 Å². The number of rotatable bonds is 3. The van der Waals surface area contributed by atoms with E-state index in [1.54, 1.807) is 12.1 Å². The number of hydrogen-bond donors (Lipinski definition) is 0. The predicted molar refractivity (Wildman–Crippen MR) is 87.0 cm³/mol. The molecule has 1 saturated carbocycles. The molecule has 0 amide bonds. The summed E-state index contributed by atoms with van der Waals surface area (Å²) in [5.74, 6) is -0.0893. The lowest BCUT2D eigenvalue weighted by Crippen LogP contribution is -2.24. The molecule has 2 heterocycles. The molecule has 7 heteroatoms. The third kappa shape index (κ3) is 2.82. The molecule has 0 bridgehead atoms. The Kier molecular flexibility index (Phi) is 3.84. The molecule has 1 aromatic heterocycles. The van der Waals surface area contributed by atoms with E-state index in [1.807, 2.05) is 0 Å². The van der Waals surface area contributed by atoms with Crippen LogP contribution >= 0.6 is 11.6 Å². The summed E-state index contributed by atoms with van der Waals surface area (Å²) in [6.07, 6.45) is 7.56. The molecule has 1 fully saturated rings. The number of oxime groups is 1. The highest BCUT2D eigenvalue weighted by Gasteiger charge is 2.43. The van der Waals surface area contributed by atoms with E-state index in [4.69, 9.17) is 21.2 Å². The Bertz CT molecular complexity index is 789. The van der Waals surface area contributed by atoms with Gasteiger partial charge in [0, 0.05) is 6.42 Å². The Morgan fingerprint density at radius 3 is 2.67 bits per heavy atom. The van der Waals surface area contributed by atoms with Crippen molar-refractivity contribution in [3.8, 4) is 11.8 Å². The zero-order valence-corrected chi connectivity index (χ0v) is 13.6. The number of benzene rings is 1. The maximum Gasteiger partial charge on any atom is 0.321 e. The van der Waals surface area contributed by atoms with E-state index in [9.17, 15) is 4.39 Å². The van der Waals surface area contributed by atoms with Gasteiger partial charge in [-0.3, -0.25) is 0 Å². The summed E-state index contributed by atoms with van der Waals surface area (Å²) in [5.41, 5.74) is 0.602. The number of ether oxygens (including phenoxy) is 1. The molecule has 24 heavy (non-hydrogen) atoms. The van der Waals surface area contributed by atoms with E-state index in [-0.39, 0.29) is 11.6 Å². The van der Waals surface area contributed by atoms with Crippen LogP contribution in [0.15, 0.2) is 35.7 Å². The van der Waals surface area contributed by atoms with Gasteiger partial charge in [-0.2, -0.15) is 0 Å². The maximum absolute atomic E-state index is 14.5. The zero-order chi connectivity index (χ0) is 16.6. The van der Waals surface area contributed by atoms with Crippen LogP contribution in [-0.4, -0.2) is 21.3 Å². The number of aromatic nitrogens is 2. The van der Waals surface area contributed by atoms with Crippen LogP contribution in [0.3, 0.4) is 0 Å². The summed E-state index contributed by atoms with van der Waals surface area (Å²) in [7, 11) is 0. The first-order chi connectivity index (χ1) is 11.7. The fraction of sp³-hybridized carbons (Fsp3) is 0.353. The van der Waals surface area contributed by atoms with Crippen LogP contribution in [0.25, 0.3) is 0 Å². The molecule has 1 aliphatic carbocycles. The average Bonchev–Trinajstić information content (AvgIpc) is 3.20. The molecule has 4 rings (SSSR count). The van der Waals surface area contributed by atoms with Gasteiger partial charge in [-0.15, -0.1) is 0 Å². The lowest BCUT2D eigenvalue weighted by atomic mass is 9.92. The summed E-state index contributed by atoms with van der Waals surface area (Å²) in [6, 6.07) is 4.72. The normalized spacial score (nSPS) is 18.5. The fourth-order valence-corrected chi connectivity index (χ4v) is 3.36. The SMILES string of the molecule is Fc1cccc(Oc2ncc(Cl)cn2)c1C1=NOC2(CCCC2)C1. The van der Waals surface area contributed by atoms with Crippen LogP contribution in [0.1, 0.15) is 37.7 Å². The Labute approximate surface area is 143 Å². The van der Waals surface area contributed by atoms with Crippen molar-refractivity contribution in [2.45, 2.75) is 37.7 Å². The van der Waals surface area contributed by atoms with Crippen molar-refractivity contribution in [3.05, 3.63) is 47.0 Å². The minimum atomic E-state index is -0.404. The van der Waals surface area contributed by atoms with Gasteiger partial charge in [0.1, 0.15) is 17.2 Å². The van der Waals surface area contributed by atoms with Crippen LogP contribution in [-0.2, 0) is 4.84 Å². The van der Waals surface area contributed by atoms with Gasteiger partial charge in [-0.05, 0) is 37.8 Å². The molecule has 1 spiro atoms. The van der Waals surface area contributed by atoms with Gasteiger partial charge >= 0.3 is 6.01 Å². The van der Waals surface area contributed by atoms with Crippen molar-refractivity contribution >= 4 is 17.3 Å². The highest BCUT2D eigenvalue weighted by Crippen LogP contribution is 2.42. The van der Waals surface area contributed by atoms with Gasteiger partial charge in [0.2, 0.25) is 0 Å². The molecule has 2 aliphatic rings. The van der Waals surface area contributed by atoms with Crippen LogP contribution in [0.4, 0.5) is 4.39 Å². The molecule has 0 unspecified atom stereocenters. The molecule has 2 aromatic rings. The van der Waals surface area contributed by atoms with Crippen molar-refractivity contribution in [2.75, 3.05) is 0 Å². The van der Waals surface area contributed by atoms with Crippen LogP contribution in [0, 0.1) is 5.82 Å². The quantitative estimate of drug-likeness (QED) is 0.820. The van der Waals surface area contributed by atoms with E-state index < -0.39 is 5.82 Å². The van der Waals surface area contributed by atoms with E-state index >= 15 is 0 Å². The molecular formula is C17H15ClFN3O2. The monoisotopic (exact) mass is 347 g/mol. The summed E-state index contributed by atoms with van der Waals surface area (Å²) >= 11 is 5.77. The molecule has 1 aliphatic heterocycles. The first-order valence-electron chi connectivity index (χ1n) is 7.85. The molecule has 0 saturated heterocycles. The maximum atomic E-state index is 14.5. The Morgan fingerprint density at radius 1 is 1.17 bits per heavy atom. The largest absolute Gasteiger partial charge is 0.423 e. The van der Waals surface area contributed by atoms with E-state index in [2.05, 4.69) is 15.1 Å². The van der Waals surface area contributed by atoms with Gasteiger partial charge in [0.25, 0.3) is 0 Å². The summed E-state index contributed by atoms with van der Waals surface area (Å²) in [5, 5.41) is 4.55. The van der Waals surface area contributed by atoms with Crippen LogP contribution in [0.2, 0.25) is 5.02 Å². The summed E-state index contributed by atoms with van der Waals surface area (Å²) in [4.78, 5) is 13.6. The summed E-state index contributed by atoms with van der Waals surface area (Å²) in [6.45, 7) is 0. The Hall–Kier alpha value is -2.21. The highest BCUT2D eigenvalue weighted by atomic mass is 35.5. The van der Waals surface area contributed by atoms with Gasteiger partial charge in [-0.25, -0.2) is 14.4 Å². The molecule has 0 N–H and O–H groups in total. The second-order valence-electron chi connectivity index (χ2n) is 6.10. The molecule has 0 atom stereocenters. The van der Waals surface area contributed by atoms with Gasteiger partial charge < -0.3 is 9.57 Å². The summed E-state index contributed by atoms with van der Waals surface area (Å²) < 4.78 is 20.1. The highest BCUT2D eigenvalue weighted by molar-refractivity contribution is 6.30. The molecule has 0 radical (unpaired) electrons. The molecule has 1 aromatic carbocycles. The Morgan fingerprint density at radius 2 is 1.92 bits per heavy atom. The Balaban J connectivity index is 1.64. The van der Waals surface area contributed by atoms with Crippen LogP contribution < -0.4 is 4.74 Å². The minimum absolute atomic E-state index is 0.0985. The molecule has 5 nitrogen and oxygen atoms in total. The van der Waals surface area contributed by atoms with E-state index in [0.29, 0.717) is 28.5 Å². The average molecular weight is 348 g/mol. The lowest BCUT2D eigenvalue weighted by Gasteiger charge is -2.19. The first-order valence-corrected chi connectivity index (χ1v) is 8.22. The smallest absolute Gasteiger partial charge is 0.321 e. The van der Waals surface area contributed by atoms with Crippen LogP contribution in [0.5, 0.6) is 11.8 Å². The minimum Gasteiger partial charge on any atom is -0.423 e. The van der Waals surface area contributed by atoms with Crippen molar-refractivity contribution in [1.29, 1.82) is 0 Å². The van der Waals surface area contributed by atoms with Crippen molar-refractivity contribution in [1.82, 2.24) is 9.97 Å². The fourth-order valence-electron chi connectivity index (χ4n) is 3.26. The third-order valence-corrected chi connectivity index (χ3v) is 4.61. The lowest BCUT2D eigenvalue weighted by molar-refractivity contribution is -0.0126. The first kappa shape index (κ1) is 15.3.